The van der Waals surface area contributed by atoms with Gasteiger partial charge in [0.2, 0.25) is 0 Å². The molecule has 2 aromatic rings. The number of nitrogens with one attached hydrogen (secondary N) is 1. The molecule has 156 valence electrons. The number of benzene rings is 2. The van der Waals surface area contributed by atoms with Crippen LogP contribution >= 0.6 is 0 Å². The van der Waals surface area contributed by atoms with Crippen molar-refractivity contribution >= 4 is 11.8 Å². The number of amides is 2. The molecule has 2 aromatic carbocycles. The van der Waals surface area contributed by atoms with Gasteiger partial charge in [0.1, 0.15) is 17.1 Å². The van der Waals surface area contributed by atoms with Crippen molar-refractivity contribution in [1.82, 2.24) is 10.2 Å². The lowest BCUT2D eigenvalue weighted by atomic mass is 10.1. The average molecular weight is 402 g/mol. The predicted octanol–water partition coefficient (Wildman–Crippen LogP) is 2.41. The highest BCUT2D eigenvalue weighted by atomic mass is 19.1. The van der Waals surface area contributed by atoms with E-state index in [1.165, 1.54) is 23.1 Å². The van der Waals surface area contributed by atoms with Gasteiger partial charge in [-0.2, -0.15) is 0 Å². The fraction of sp³-hybridized carbons (Fsp3) is 0.364. The molecule has 0 saturated carbocycles. The van der Waals surface area contributed by atoms with Gasteiger partial charge in [0, 0.05) is 13.1 Å². The quantitative estimate of drug-likeness (QED) is 0.640. The molecule has 0 spiro atoms. The van der Waals surface area contributed by atoms with Crippen LogP contribution < -0.4 is 10.1 Å². The third kappa shape index (κ3) is 6.29. The first-order valence-corrected chi connectivity index (χ1v) is 9.64. The van der Waals surface area contributed by atoms with Crippen molar-refractivity contribution in [2.75, 3.05) is 26.3 Å². The van der Waals surface area contributed by atoms with Gasteiger partial charge in [0.05, 0.1) is 12.6 Å². The molecular weight excluding hydrogens is 375 g/mol. The van der Waals surface area contributed by atoms with Gasteiger partial charge in [0.25, 0.3) is 11.8 Å². The van der Waals surface area contributed by atoms with Gasteiger partial charge >= 0.3 is 0 Å². The number of aliphatic hydroxyl groups excluding tert-OH is 1. The van der Waals surface area contributed by atoms with E-state index in [4.69, 9.17) is 4.74 Å². The summed E-state index contributed by atoms with van der Waals surface area (Å²) < 4.78 is 19.8. The first-order valence-electron chi connectivity index (χ1n) is 9.64. The third-order valence-electron chi connectivity index (χ3n) is 4.51. The Labute approximate surface area is 170 Å². The zero-order chi connectivity index (χ0) is 21.2. The smallest absolute Gasteiger partial charge is 0.260 e. The summed E-state index contributed by atoms with van der Waals surface area (Å²) in [6, 6.07) is 13.1. The lowest BCUT2D eigenvalue weighted by Crippen LogP contribution is -2.41. The molecule has 0 bridgehead atoms. The Morgan fingerprint density at radius 3 is 2.41 bits per heavy atom. The molecule has 7 heteroatoms. The fourth-order valence-electron chi connectivity index (χ4n) is 2.97. The highest BCUT2D eigenvalue weighted by Gasteiger charge is 2.22. The Hall–Kier alpha value is -2.93. The van der Waals surface area contributed by atoms with E-state index < -0.39 is 30.3 Å². The summed E-state index contributed by atoms with van der Waals surface area (Å²) in [6.07, 6.45) is 0.467. The number of aliphatic hydroxyl groups is 1. The van der Waals surface area contributed by atoms with E-state index in [0.717, 1.165) is 5.56 Å². The highest BCUT2D eigenvalue weighted by Crippen LogP contribution is 2.23. The molecule has 0 radical (unpaired) electrons. The summed E-state index contributed by atoms with van der Waals surface area (Å²) in [5.74, 6) is -1.64. The van der Waals surface area contributed by atoms with Gasteiger partial charge < -0.3 is 20.1 Å². The average Bonchev–Trinajstić information content (AvgIpc) is 2.73. The van der Waals surface area contributed by atoms with Crippen LogP contribution in [0.4, 0.5) is 4.39 Å². The summed E-state index contributed by atoms with van der Waals surface area (Å²) in [6.45, 7) is 3.85. The van der Waals surface area contributed by atoms with Crippen molar-refractivity contribution in [2.45, 2.75) is 26.3 Å². The van der Waals surface area contributed by atoms with Gasteiger partial charge in [-0.25, -0.2) is 4.39 Å². The van der Waals surface area contributed by atoms with Crippen molar-refractivity contribution in [1.29, 1.82) is 0 Å². The van der Waals surface area contributed by atoms with E-state index in [1.807, 2.05) is 30.3 Å². The van der Waals surface area contributed by atoms with E-state index in [1.54, 1.807) is 13.8 Å². The lowest BCUT2D eigenvalue weighted by molar-refractivity contribution is -0.124. The van der Waals surface area contributed by atoms with Gasteiger partial charge in [0.15, 0.2) is 6.61 Å². The molecule has 0 aliphatic carbocycles. The van der Waals surface area contributed by atoms with Crippen molar-refractivity contribution in [2.24, 2.45) is 0 Å². The number of halogens is 1. The number of carbonyl (C=O) groups excluding carboxylic acids is 2. The summed E-state index contributed by atoms with van der Waals surface area (Å²) in [4.78, 5) is 26.3. The van der Waals surface area contributed by atoms with Crippen LogP contribution in [0.2, 0.25) is 0 Å². The molecule has 29 heavy (non-hydrogen) atoms. The molecule has 2 rings (SSSR count). The van der Waals surface area contributed by atoms with Crippen molar-refractivity contribution < 1.29 is 23.8 Å². The topological polar surface area (TPSA) is 78.9 Å². The van der Waals surface area contributed by atoms with E-state index in [-0.39, 0.29) is 17.9 Å². The molecule has 0 aliphatic rings. The molecule has 0 aliphatic heterocycles. The van der Waals surface area contributed by atoms with Gasteiger partial charge in [-0.15, -0.1) is 0 Å². The van der Waals surface area contributed by atoms with Crippen LogP contribution in [0.3, 0.4) is 0 Å². The second kappa shape index (κ2) is 11.2. The Kier molecular flexibility index (Phi) is 8.61. The van der Waals surface area contributed by atoms with Crippen LogP contribution in [0, 0.1) is 5.82 Å². The van der Waals surface area contributed by atoms with E-state index in [0.29, 0.717) is 19.5 Å². The molecule has 0 fully saturated rings. The lowest BCUT2D eigenvalue weighted by Gasteiger charge is -2.21. The van der Waals surface area contributed by atoms with Crippen molar-refractivity contribution in [3.63, 3.8) is 0 Å². The molecule has 0 saturated heterocycles. The number of hydrogen-bond acceptors (Lipinski definition) is 4. The van der Waals surface area contributed by atoms with Crippen LogP contribution in [0.15, 0.2) is 48.5 Å². The van der Waals surface area contributed by atoms with Crippen LogP contribution in [0.5, 0.6) is 5.75 Å². The number of nitrogens with zero attached hydrogens (tertiary/aromatic N) is 1. The SMILES string of the molecule is CCN(CC)C(=O)c1c(F)cccc1OCC(=O)N[C@H](CO)Cc1ccccc1. The van der Waals surface area contributed by atoms with Gasteiger partial charge in [-0.3, -0.25) is 9.59 Å². The highest BCUT2D eigenvalue weighted by molar-refractivity contribution is 5.97. The molecule has 6 nitrogen and oxygen atoms in total. The van der Waals surface area contributed by atoms with E-state index in [9.17, 15) is 19.1 Å². The first kappa shape index (κ1) is 22.4. The first-order chi connectivity index (χ1) is 14.0. The molecule has 1 atom stereocenters. The second-order valence-corrected chi connectivity index (χ2v) is 6.52. The Morgan fingerprint density at radius 2 is 1.79 bits per heavy atom. The zero-order valence-electron chi connectivity index (χ0n) is 16.7. The molecule has 2 N–H and O–H groups in total. The maximum Gasteiger partial charge on any atom is 0.260 e. The van der Waals surface area contributed by atoms with Crippen LogP contribution in [0.1, 0.15) is 29.8 Å². The minimum Gasteiger partial charge on any atom is -0.483 e. The minimum atomic E-state index is -0.697. The maximum atomic E-state index is 14.3. The maximum absolute atomic E-state index is 14.3. The van der Waals surface area contributed by atoms with Crippen LogP contribution in [-0.2, 0) is 11.2 Å². The Balaban J connectivity index is 2.02. The summed E-state index contributed by atoms with van der Waals surface area (Å²) >= 11 is 0. The van der Waals surface area contributed by atoms with E-state index >= 15 is 0 Å². The fourth-order valence-corrected chi connectivity index (χ4v) is 2.97. The number of ether oxygens (including phenoxy) is 1. The van der Waals surface area contributed by atoms with Crippen LogP contribution in [-0.4, -0.2) is 54.2 Å². The summed E-state index contributed by atoms with van der Waals surface area (Å²) in [5.41, 5.74) is 0.789. The minimum absolute atomic E-state index is 0.0145. The number of rotatable bonds is 10. The number of carbonyl (C=O) groups is 2. The van der Waals surface area contributed by atoms with Crippen molar-refractivity contribution in [3.8, 4) is 5.75 Å². The van der Waals surface area contributed by atoms with E-state index in [2.05, 4.69) is 5.32 Å². The Morgan fingerprint density at radius 1 is 1.10 bits per heavy atom. The summed E-state index contributed by atoms with van der Waals surface area (Å²) in [5, 5.41) is 12.2. The van der Waals surface area contributed by atoms with Gasteiger partial charge in [-0.1, -0.05) is 36.4 Å². The van der Waals surface area contributed by atoms with Crippen molar-refractivity contribution in [3.05, 3.63) is 65.5 Å². The number of hydrogen-bond donors (Lipinski definition) is 2. The molecule has 0 unspecified atom stereocenters. The molecule has 2 amide bonds. The molecule has 0 aromatic heterocycles. The standard InChI is InChI=1S/C22H27FN2O4/c1-3-25(4-2)22(28)21-18(23)11-8-12-19(21)29-15-20(27)24-17(14-26)13-16-9-6-5-7-10-16/h5-12,17,26H,3-4,13-15H2,1-2H3,(H,24,27)/t17-/m0/s1. The largest absolute Gasteiger partial charge is 0.483 e. The predicted molar refractivity (Wildman–Crippen MR) is 108 cm³/mol. The molecule has 0 heterocycles. The normalized spacial score (nSPS) is 11.6. The zero-order valence-corrected chi connectivity index (χ0v) is 16.7. The summed E-state index contributed by atoms with van der Waals surface area (Å²) in [7, 11) is 0. The monoisotopic (exact) mass is 402 g/mol. The van der Waals surface area contributed by atoms with Gasteiger partial charge in [-0.05, 0) is 38.0 Å². The molecular formula is C22H27FN2O4. The Bertz CT molecular complexity index is 810. The third-order valence-corrected chi connectivity index (χ3v) is 4.51. The second-order valence-electron chi connectivity index (χ2n) is 6.52. The van der Waals surface area contributed by atoms with Crippen LogP contribution in [0.25, 0.3) is 0 Å².